The van der Waals surface area contributed by atoms with Crippen LogP contribution in [0.25, 0.3) is 0 Å². The van der Waals surface area contributed by atoms with Crippen molar-refractivity contribution in [2.24, 2.45) is 0 Å². The lowest BCUT2D eigenvalue weighted by molar-refractivity contribution is 0.121. The summed E-state index contributed by atoms with van der Waals surface area (Å²) in [7, 11) is 4.11. The summed E-state index contributed by atoms with van der Waals surface area (Å²) in [5.41, 5.74) is 2.52. The lowest BCUT2D eigenvalue weighted by atomic mass is 9.84. The third kappa shape index (κ3) is 4.03. The Labute approximate surface area is 115 Å². The molecule has 108 valence electrons. The summed E-state index contributed by atoms with van der Waals surface area (Å²) in [6, 6.07) is 0. The van der Waals surface area contributed by atoms with Crippen LogP contribution in [0.1, 0.15) is 42.9 Å². The van der Waals surface area contributed by atoms with Crippen molar-refractivity contribution in [3.8, 4) is 0 Å². The van der Waals surface area contributed by atoms with Gasteiger partial charge in [0.25, 0.3) is 0 Å². The first-order valence-corrected chi connectivity index (χ1v) is 7.24. The lowest BCUT2D eigenvalue weighted by Crippen LogP contribution is -2.27. The van der Waals surface area contributed by atoms with Gasteiger partial charge >= 0.3 is 0 Å². The first-order chi connectivity index (χ1) is 9.20. The quantitative estimate of drug-likeness (QED) is 0.721. The van der Waals surface area contributed by atoms with Gasteiger partial charge in [-0.1, -0.05) is 0 Å². The van der Waals surface area contributed by atoms with Gasteiger partial charge in [-0.15, -0.1) is 0 Å². The number of aromatic amines is 1. The molecular weight excluding hydrogens is 240 g/mol. The molecule has 0 bridgehead atoms. The fraction of sp³-hybridized carbons (Fsp3) is 0.786. The largest absolute Gasteiger partial charge is 0.393 e. The Morgan fingerprint density at radius 1 is 1.42 bits per heavy atom. The highest BCUT2D eigenvalue weighted by molar-refractivity contribution is 5.21. The topological polar surface area (TPSA) is 64.2 Å². The summed E-state index contributed by atoms with van der Waals surface area (Å²) in [6.07, 6.45) is 5.85. The molecular formula is C14H26N4O. The molecule has 0 atom stereocenters. The van der Waals surface area contributed by atoms with Crippen molar-refractivity contribution in [1.29, 1.82) is 0 Å². The monoisotopic (exact) mass is 266 g/mol. The third-order valence-electron chi connectivity index (χ3n) is 4.02. The van der Waals surface area contributed by atoms with Gasteiger partial charge < -0.3 is 15.3 Å². The Hall–Kier alpha value is -0.910. The number of aromatic nitrogens is 2. The molecule has 1 aromatic heterocycles. The Morgan fingerprint density at radius 3 is 2.84 bits per heavy atom. The summed E-state index contributed by atoms with van der Waals surface area (Å²) in [5.74, 6) is 0.516. The number of H-pyrrole nitrogens is 1. The number of likely N-dealkylation sites (N-methyl/N-ethyl adjacent to an activating group) is 2. The van der Waals surface area contributed by atoms with Crippen LogP contribution in [0.3, 0.4) is 0 Å². The minimum absolute atomic E-state index is 0.100. The molecule has 1 fully saturated rings. The molecule has 0 saturated heterocycles. The smallest absolute Gasteiger partial charge is 0.0697 e. The number of nitrogens with zero attached hydrogens (tertiary/aromatic N) is 2. The van der Waals surface area contributed by atoms with E-state index in [-0.39, 0.29) is 6.10 Å². The van der Waals surface area contributed by atoms with E-state index in [1.807, 2.05) is 13.2 Å². The maximum atomic E-state index is 9.59. The summed E-state index contributed by atoms with van der Waals surface area (Å²) < 4.78 is 0. The molecule has 1 saturated carbocycles. The van der Waals surface area contributed by atoms with Crippen LogP contribution in [0.4, 0.5) is 0 Å². The highest BCUT2D eigenvalue weighted by atomic mass is 16.3. The van der Waals surface area contributed by atoms with E-state index in [1.54, 1.807) is 0 Å². The zero-order valence-corrected chi connectivity index (χ0v) is 12.0. The molecule has 0 aromatic carbocycles. The number of aliphatic hydroxyl groups is 1. The molecule has 3 N–H and O–H groups in total. The van der Waals surface area contributed by atoms with Crippen LogP contribution in [-0.4, -0.2) is 53.5 Å². The number of rotatable bonds is 6. The van der Waals surface area contributed by atoms with E-state index in [0.717, 1.165) is 45.3 Å². The Balaban J connectivity index is 1.93. The first-order valence-electron chi connectivity index (χ1n) is 7.24. The van der Waals surface area contributed by atoms with Crippen LogP contribution in [0.2, 0.25) is 0 Å². The van der Waals surface area contributed by atoms with E-state index in [4.69, 9.17) is 0 Å². The average molecular weight is 266 g/mol. The minimum Gasteiger partial charge on any atom is -0.393 e. The first kappa shape index (κ1) is 14.5. The van der Waals surface area contributed by atoms with E-state index in [9.17, 15) is 5.11 Å². The van der Waals surface area contributed by atoms with Crippen LogP contribution in [-0.2, 0) is 6.54 Å². The molecule has 1 aliphatic carbocycles. The molecule has 5 nitrogen and oxygen atoms in total. The Bertz CT molecular complexity index is 371. The summed E-state index contributed by atoms with van der Waals surface area (Å²) >= 11 is 0. The Morgan fingerprint density at radius 2 is 2.16 bits per heavy atom. The van der Waals surface area contributed by atoms with Gasteiger partial charge in [-0.2, -0.15) is 5.10 Å². The number of nitrogens with one attached hydrogen (secondary N) is 2. The minimum atomic E-state index is -0.100. The van der Waals surface area contributed by atoms with Crippen LogP contribution in [0.15, 0.2) is 6.20 Å². The van der Waals surface area contributed by atoms with Crippen molar-refractivity contribution in [3.63, 3.8) is 0 Å². The molecule has 1 heterocycles. The highest BCUT2D eigenvalue weighted by Gasteiger charge is 2.24. The average Bonchev–Trinajstić information content (AvgIpc) is 2.85. The summed E-state index contributed by atoms with van der Waals surface area (Å²) in [5, 5.41) is 20.2. The highest BCUT2D eigenvalue weighted by Crippen LogP contribution is 2.33. The van der Waals surface area contributed by atoms with E-state index in [2.05, 4.69) is 27.5 Å². The van der Waals surface area contributed by atoms with Crippen molar-refractivity contribution in [3.05, 3.63) is 17.5 Å². The van der Waals surface area contributed by atoms with Gasteiger partial charge in [0.1, 0.15) is 0 Å². The van der Waals surface area contributed by atoms with Gasteiger partial charge in [-0.25, -0.2) is 0 Å². The van der Waals surface area contributed by atoms with Crippen molar-refractivity contribution >= 4 is 0 Å². The second-order valence-electron chi connectivity index (χ2n) is 5.64. The summed E-state index contributed by atoms with van der Waals surface area (Å²) in [4.78, 5) is 2.31. The zero-order valence-electron chi connectivity index (χ0n) is 12.0. The second kappa shape index (κ2) is 7.03. The molecule has 0 unspecified atom stereocenters. The van der Waals surface area contributed by atoms with Crippen molar-refractivity contribution in [1.82, 2.24) is 20.4 Å². The maximum absolute atomic E-state index is 9.59. The molecule has 1 aromatic rings. The standard InChI is InChI=1S/C14H26N4O/c1-15-7-8-18(2)10-12-9-16-17-14(12)11-3-5-13(19)6-4-11/h9,11,13,15,19H,3-8,10H2,1-2H3,(H,16,17)/t11-,13+. The van der Waals surface area contributed by atoms with Crippen molar-refractivity contribution in [2.45, 2.75) is 44.2 Å². The predicted octanol–water partition coefficient (Wildman–Crippen LogP) is 1.08. The van der Waals surface area contributed by atoms with Gasteiger partial charge in [0.2, 0.25) is 0 Å². The van der Waals surface area contributed by atoms with Crippen molar-refractivity contribution in [2.75, 3.05) is 27.2 Å². The van der Waals surface area contributed by atoms with Crippen LogP contribution in [0.5, 0.6) is 0 Å². The molecule has 1 aliphatic rings. The molecule has 0 aliphatic heterocycles. The van der Waals surface area contributed by atoms with Gasteiger partial charge in [-0.3, -0.25) is 5.10 Å². The molecule has 19 heavy (non-hydrogen) atoms. The van der Waals surface area contributed by atoms with Gasteiger partial charge in [0.05, 0.1) is 11.8 Å². The number of hydrogen-bond donors (Lipinski definition) is 3. The molecule has 0 spiro atoms. The van der Waals surface area contributed by atoms with E-state index in [1.165, 1.54) is 11.3 Å². The van der Waals surface area contributed by atoms with E-state index in [0.29, 0.717) is 5.92 Å². The normalized spacial score (nSPS) is 24.0. The van der Waals surface area contributed by atoms with Gasteiger partial charge in [-0.05, 0) is 39.8 Å². The fourth-order valence-corrected chi connectivity index (χ4v) is 2.83. The Kier molecular flexibility index (Phi) is 5.36. The lowest BCUT2D eigenvalue weighted by Gasteiger charge is -2.25. The van der Waals surface area contributed by atoms with Crippen LogP contribution >= 0.6 is 0 Å². The van der Waals surface area contributed by atoms with E-state index < -0.39 is 0 Å². The van der Waals surface area contributed by atoms with E-state index >= 15 is 0 Å². The zero-order chi connectivity index (χ0) is 13.7. The van der Waals surface area contributed by atoms with Crippen molar-refractivity contribution < 1.29 is 5.11 Å². The molecule has 2 rings (SSSR count). The van der Waals surface area contributed by atoms with Gasteiger partial charge in [0, 0.05) is 37.3 Å². The van der Waals surface area contributed by atoms with Crippen LogP contribution < -0.4 is 5.32 Å². The number of hydrogen-bond acceptors (Lipinski definition) is 4. The number of aliphatic hydroxyl groups excluding tert-OH is 1. The van der Waals surface area contributed by atoms with Gasteiger partial charge in [0.15, 0.2) is 0 Å². The molecule has 0 amide bonds. The second-order valence-corrected chi connectivity index (χ2v) is 5.64. The molecule has 5 heteroatoms. The van der Waals surface area contributed by atoms with Crippen LogP contribution in [0, 0.1) is 0 Å². The maximum Gasteiger partial charge on any atom is 0.0697 e. The SMILES string of the molecule is CNCCN(C)Cc1c[nH]nc1[C@H]1CC[C@@H](O)CC1. The predicted molar refractivity (Wildman–Crippen MR) is 76.1 cm³/mol. The molecule has 0 radical (unpaired) electrons. The summed E-state index contributed by atoms with van der Waals surface area (Å²) in [6.45, 7) is 2.97. The third-order valence-corrected chi connectivity index (χ3v) is 4.02. The fourth-order valence-electron chi connectivity index (χ4n) is 2.83.